The van der Waals surface area contributed by atoms with Crippen LogP contribution in [0.15, 0.2) is 11.6 Å². The quantitative estimate of drug-likeness (QED) is 0.186. The summed E-state index contributed by atoms with van der Waals surface area (Å²) in [6.07, 6.45) is 4.00. The molecule has 0 bridgehead atoms. The minimum atomic E-state index is -1.25. The number of esters is 1. The number of carbonyl (C=O) groups is 1. The lowest BCUT2D eigenvalue weighted by molar-refractivity contribution is 0.0532. The molecule has 1 aromatic carbocycles. The number of cyclic esters (lactones) is 1. The molecule has 29 heavy (non-hydrogen) atoms. The lowest BCUT2D eigenvalue weighted by Crippen LogP contribution is -2.23. The fourth-order valence-electron chi connectivity index (χ4n) is 3.39. The van der Waals surface area contributed by atoms with Gasteiger partial charge >= 0.3 is 5.97 Å². The molecule has 0 amide bonds. The molecule has 7 heteroatoms. The van der Waals surface area contributed by atoms with Gasteiger partial charge < -0.3 is 19.5 Å². The van der Waals surface area contributed by atoms with Crippen molar-refractivity contribution in [1.82, 2.24) is 5.32 Å². The molecule has 1 atom stereocenters. The van der Waals surface area contributed by atoms with Crippen molar-refractivity contribution in [3.63, 3.8) is 0 Å². The second-order valence-electron chi connectivity index (χ2n) is 8.84. The third-order valence-electron chi connectivity index (χ3n) is 5.14. The van der Waals surface area contributed by atoms with Crippen LogP contribution < -0.4 is 14.8 Å². The van der Waals surface area contributed by atoms with Crippen LogP contribution in [0.25, 0.3) is 0 Å². The van der Waals surface area contributed by atoms with Crippen LogP contribution >= 0.6 is 9.24 Å². The molecule has 0 aliphatic carbocycles. The number of benzene rings is 1. The van der Waals surface area contributed by atoms with E-state index in [1.54, 1.807) is 7.11 Å². The summed E-state index contributed by atoms with van der Waals surface area (Å²) in [7, 11) is 2.40. The fraction of sp³-hybridized carbons (Fsp3) is 0.591. The van der Waals surface area contributed by atoms with E-state index in [0.717, 1.165) is 47.7 Å². The first kappa shape index (κ1) is 23.9. The van der Waals surface area contributed by atoms with E-state index in [1.807, 2.05) is 16.2 Å². The van der Waals surface area contributed by atoms with Gasteiger partial charge in [0.25, 0.3) is 0 Å². The summed E-state index contributed by atoms with van der Waals surface area (Å²) in [5, 5.41) is 3.43. The first-order chi connectivity index (χ1) is 13.7. The third-order valence-corrected chi connectivity index (χ3v) is 7.19. The predicted molar refractivity (Wildman–Crippen MR) is 127 cm³/mol. The molecule has 0 aromatic heterocycles. The normalized spacial score (nSPS) is 14.1. The predicted octanol–water partition coefficient (Wildman–Crippen LogP) is 4.08. The van der Waals surface area contributed by atoms with Crippen molar-refractivity contribution >= 4 is 23.3 Å². The summed E-state index contributed by atoms with van der Waals surface area (Å²) >= 11 is 0. The molecule has 1 heterocycles. The van der Waals surface area contributed by atoms with Gasteiger partial charge in [-0.3, -0.25) is 0 Å². The Morgan fingerprint density at radius 3 is 2.66 bits per heavy atom. The number of rotatable bonds is 11. The van der Waals surface area contributed by atoms with Gasteiger partial charge in [0.1, 0.15) is 23.7 Å². The maximum absolute atomic E-state index is 12.5. The fourth-order valence-corrected chi connectivity index (χ4v) is 4.35. The molecule has 1 aliphatic rings. The van der Waals surface area contributed by atoms with Gasteiger partial charge in [0.15, 0.2) is 0 Å². The molecular formula is C22H37NO4PSi+. The third kappa shape index (κ3) is 6.31. The van der Waals surface area contributed by atoms with Crippen molar-refractivity contribution in [3.8, 4) is 11.5 Å². The van der Waals surface area contributed by atoms with Crippen LogP contribution in [-0.4, -0.2) is 47.0 Å². The second kappa shape index (κ2) is 10.6. The average molecular weight is 439 g/mol. The lowest BCUT2D eigenvalue weighted by Gasteiger charge is -2.21. The van der Waals surface area contributed by atoms with Gasteiger partial charge in [0, 0.05) is 32.3 Å². The highest BCUT2D eigenvalue weighted by atomic mass is 31.0. The number of hydrogen-bond donors (Lipinski definition) is 1. The zero-order chi connectivity index (χ0) is 21.6. The number of fused-ring (bicyclic) bond motifs is 1. The number of ether oxygens (including phenoxy) is 3. The van der Waals surface area contributed by atoms with Crippen molar-refractivity contribution in [3.05, 3.63) is 33.9 Å². The molecule has 0 saturated heterocycles. The summed E-state index contributed by atoms with van der Waals surface area (Å²) in [5.41, 5.74) is 4.65. The van der Waals surface area contributed by atoms with E-state index in [1.165, 1.54) is 5.57 Å². The minimum Gasteiger partial charge on any atom is -0.496 e. The highest BCUT2D eigenvalue weighted by Gasteiger charge is 2.33. The minimum absolute atomic E-state index is 0.289. The molecule has 1 aromatic rings. The Bertz CT molecular complexity index is 771. The Kier molecular flexibility index (Phi) is 8.74. The molecule has 0 fully saturated rings. The van der Waals surface area contributed by atoms with Crippen LogP contribution in [0.2, 0.25) is 25.7 Å². The van der Waals surface area contributed by atoms with Gasteiger partial charge in [0.05, 0.1) is 19.9 Å². The summed E-state index contributed by atoms with van der Waals surface area (Å²) in [4.78, 5) is 12.5. The number of hydrogen-bond acceptors (Lipinski definition) is 5. The zero-order valence-electron chi connectivity index (χ0n) is 18.9. The molecule has 0 spiro atoms. The summed E-state index contributed by atoms with van der Waals surface area (Å²) in [6.45, 7) is 13.9. The number of carbonyl (C=O) groups excluding carboxylic acids is 1. The van der Waals surface area contributed by atoms with E-state index < -0.39 is 8.07 Å². The molecule has 5 nitrogen and oxygen atoms in total. The average Bonchev–Trinajstić information content (AvgIpc) is 3.03. The van der Waals surface area contributed by atoms with E-state index in [9.17, 15) is 4.79 Å². The van der Waals surface area contributed by atoms with Crippen molar-refractivity contribution in [2.45, 2.75) is 52.6 Å². The number of methoxy groups -OCH3 is 1. The van der Waals surface area contributed by atoms with Crippen LogP contribution in [0.3, 0.4) is 0 Å². The Labute approximate surface area is 178 Å². The highest BCUT2D eigenvalue weighted by molar-refractivity contribution is 7.16. The second-order valence-corrected chi connectivity index (χ2v) is 15.2. The summed E-state index contributed by atoms with van der Waals surface area (Å²) in [5.74, 6) is 1.16. The topological polar surface area (TPSA) is 56.8 Å². The van der Waals surface area contributed by atoms with Gasteiger partial charge in [-0.15, -0.1) is 0 Å². The highest BCUT2D eigenvalue weighted by Crippen LogP contribution is 2.43. The molecule has 2 rings (SSSR count). The van der Waals surface area contributed by atoms with Gasteiger partial charge in [-0.25, -0.2) is 4.79 Å². The van der Waals surface area contributed by atoms with Crippen molar-refractivity contribution in [2.24, 2.45) is 0 Å². The Morgan fingerprint density at radius 2 is 2.03 bits per heavy atom. The van der Waals surface area contributed by atoms with Crippen LogP contribution in [0, 0.1) is 6.92 Å². The molecule has 1 unspecified atom stereocenters. The van der Waals surface area contributed by atoms with E-state index in [4.69, 9.17) is 14.2 Å². The standard InChI is InChI=1S/C22H36NO4PSi/c1-15(13-23-9-11-28)7-8-17-20(25-3)16(2)18-14-27-22(24)19(18)21(17)26-10-12-29(4,5)6/h7,23H,8-14,28H2,1-6H3/p+1/b15-7+. The number of nitrogens with one attached hydrogen (secondary N) is 1. The summed E-state index contributed by atoms with van der Waals surface area (Å²) in [6, 6.07) is 1.03. The Morgan fingerprint density at radius 1 is 1.31 bits per heavy atom. The summed E-state index contributed by atoms with van der Waals surface area (Å²) < 4.78 is 17.4. The number of allylic oxidation sites excluding steroid dienone is 1. The molecule has 162 valence electrons. The monoisotopic (exact) mass is 438 g/mol. The van der Waals surface area contributed by atoms with Gasteiger partial charge in [-0.1, -0.05) is 31.3 Å². The lowest BCUT2D eigenvalue weighted by atomic mass is 9.95. The van der Waals surface area contributed by atoms with E-state index >= 15 is 0 Å². The van der Waals surface area contributed by atoms with E-state index in [2.05, 4.69) is 38.0 Å². The molecule has 0 radical (unpaired) electrons. The van der Waals surface area contributed by atoms with Gasteiger partial charge in [0.2, 0.25) is 0 Å². The van der Waals surface area contributed by atoms with Crippen LogP contribution in [0.4, 0.5) is 0 Å². The first-order valence-electron chi connectivity index (χ1n) is 10.4. The first-order valence-corrected chi connectivity index (χ1v) is 15.1. The van der Waals surface area contributed by atoms with Crippen LogP contribution in [0.1, 0.15) is 34.0 Å². The molecule has 1 N–H and O–H groups in total. The van der Waals surface area contributed by atoms with Crippen molar-refractivity contribution < 1.29 is 19.0 Å². The van der Waals surface area contributed by atoms with E-state index in [-0.39, 0.29) is 12.6 Å². The maximum Gasteiger partial charge on any atom is 0.342 e. The van der Waals surface area contributed by atoms with Gasteiger partial charge in [-0.2, -0.15) is 0 Å². The van der Waals surface area contributed by atoms with E-state index in [0.29, 0.717) is 24.3 Å². The molecule has 0 saturated carbocycles. The van der Waals surface area contributed by atoms with Gasteiger partial charge in [-0.05, 0) is 41.1 Å². The zero-order valence-corrected chi connectivity index (χ0v) is 21.3. The molecular weight excluding hydrogens is 401 g/mol. The largest absolute Gasteiger partial charge is 0.496 e. The van der Waals surface area contributed by atoms with Crippen molar-refractivity contribution in [1.29, 1.82) is 0 Å². The Hall–Kier alpha value is -1.36. The molecule has 1 aliphatic heterocycles. The van der Waals surface area contributed by atoms with Crippen LogP contribution in [0.5, 0.6) is 11.5 Å². The SMILES string of the molecule is COc1c(C)c2c(c(OCC[Si](C)(C)C)c1C/C=C(\C)CNCC[PH3+])C(=O)OC2. The maximum atomic E-state index is 12.5. The smallest absolute Gasteiger partial charge is 0.342 e. The Balaban J connectivity index is 2.40. The van der Waals surface area contributed by atoms with Crippen molar-refractivity contribution in [2.75, 3.05) is 33.0 Å². The van der Waals surface area contributed by atoms with Crippen LogP contribution in [-0.2, 0) is 17.8 Å².